The van der Waals surface area contributed by atoms with Crippen LogP contribution in [0.15, 0.2) is 65.7 Å². The van der Waals surface area contributed by atoms with E-state index in [4.69, 9.17) is 0 Å². The zero-order valence-electron chi connectivity index (χ0n) is 11.6. The first-order valence-electron chi connectivity index (χ1n) is 7.30. The Morgan fingerprint density at radius 3 is 2.30 bits per heavy atom. The molecule has 0 fully saturated rings. The molecule has 2 heteroatoms. The molecule has 3 rings (SSSR count). The maximum Gasteiger partial charge on any atom is 0.0968 e. The van der Waals surface area contributed by atoms with E-state index in [0.717, 1.165) is 25.2 Å². The van der Waals surface area contributed by atoms with Crippen molar-refractivity contribution in [2.24, 2.45) is 4.99 Å². The van der Waals surface area contributed by atoms with Gasteiger partial charge in [-0.3, -0.25) is 4.99 Å². The lowest BCUT2D eigenvalue weighted by atomic mass is 9.98. The van der Waals surface area contributed by atoms with Gasteiger partial charge in [-0.25, -0.2) is 0 Å². The van der Waals surface area contributed by atoms with Crippen molar-refractivity contribution in [2.75, 3.05) is 6.54 Å². The molecule has 1 heterocycles. The molecule has 102 valence electrons. The molecule has 1 atom stereocenters. The Morgan fingerprint density at radius 1 is 0.950 bits per heavy atom. The fourth-order valence-corrected chi connectivity index (χ4v) is 2.65. The standard InChI is InChI=1S/C18H20N2/c1-3-8-15(9-4-1)14-17(16-10-5-2-6-11-16)20-18-12-7-13-19-18/h1-6,8-11,17H,7,12-14H2,(H,19,20). The van der Waals surface area contributed by atoms with Gasteiger partial charge in [0.2, 0.25) is 0 Å². The summed E-state index contributed by atoms with van der Waals surface area (Å²) in [7, 11) is 0. The van der Waals surface area contributed by atoms with Crippen molar-refractivity contribution in [3.63, 3.8) is 0 Å². The van der Waals surface area contributed by atoms with Gasteiger partial charge in [0, 0.05) is 13.0 Å². The summed E-state index contributed by atoms with van der Waals surface area (Å²) in [6.07, 6.45) is 3.25. The van der Waals surface area contributed by atoms with Crippen molar-refractivity contribution >= 4 is 5.84 Å². The quantitative estimate of drug-likeness (QED) is 0.893. The minimum atomic E-state index is 0.301. The fraction of sp³-hybridized carbons (Fsp3) is 0.278. The molecule has 0 aliphatic carbocycles. The average Bonchev–Trinajstić information content (AvgIpc) is 3.02. The van der Waals surface area contributed by atoms with Gasteiger partial charge in [-0.2, -0.15) is 0 Å². The van der Waals surface area contributed by atoms with Crippen LogP contribution in [0.2, 0.25) is 0 Å². The molecule has 1 aliphatic heterocycles. The number of amidine groups is 1. The van der Waals surface area contributed by atoms with Gasteiger partial charge in [-0.1, -0.05) is 60.7 Å². The van der Waals surface area contributed by atoms with Gasteiger partial charge in [-0.15, -0.1) is 0 Å². The third-order valence-electron chi connectivity index (χ3n) is 3.70. The summed E-state index contributed by atoms with van der Waals surface area (Å²) in [4.78, 5) is 4.55. The number of aliphatic imine (C=N–C) groups is 1. The van der Waals surface area contributed by atoms with Crippen LogP contribution in [-0.2, 0) is 6.42 Å². The molecule has 0 saturated carbocycles. The van der Waals surface area contributed by atoms with Gasteiger partial charge in [0.15, 0.2) is 0 Å². The molecule has 2 aromatic carbocycles. The van der Waals surface area contributed by atoms with Crippen LogP contribution in [-0.4, -0.2) is 12.4 Å². The smallest absolute Gasteiger partial charge is 0.0968 e. The van der Waals surface area contributed by atoms with E-state index in [0.29, 0.717) is 6.04 Å². The Morgan fingerprint density at radius 2 is 1.65 bits per heavy atom. The highest BCUT2D eigenvalue weighted by Gasteiger charge is 2.15. The molecular formula is C18H20N2. The monoisotopic (exact) mass is 264 g/mol. The Labute approximate surface area is 120 Å². The van der Waals surface area contributed by atoms with E-state index in [-0.39, 0.29) is 0 Å². The van der Waals surface area contributed by atoms with E-state index in [1.807, 2.05) is 0 Å². The maximum atomic E-state index is 4.55. The largest absolute Gasteiger partial charge is 0.367 e. The van der Waals surface area contributed by atoms with Crippen LogP contribution < -0.4 is 5.32 Å². The van der Waals surface area contributed by atoms with Crippen LogP contribution in [0.1, 0.15) is 30.0 Å². The Hall–Kier alpha value is -2.09. The zero-order valence-corrected chi connectivity index (χ0v) is 11.6. The first-order chi connectivity index (χ1) is 9.92. The summed E-state index contributed by atoms with van der Waals surface area (Å²) < 4.78 is 0. The van der Waals surface area contributed by atoms with Crippen LogP contribution in [0.3, 0.4) is 0 Å². The van der Waals surface area contributed by atoms with Crippen LogP contribution in [0, 0.1) is 0 Å². The minimum Gasteiger partial charge on any atom is -0.367 e. The molecule has 20 heavy (non-hydrogen) atoms. The molecule has 1 unspecified atom stereocenters. The Kier molecular flexibility index (Phi) is 4.12. The van der Waals surface area contributed by atoms with Gasteiger partial charge >= 0.3 is 0 Å². The summed E-state index contributed by atoms with van der Waals surface area (Å²) in [5.41, 5.74) is 2.68. The first kappa shape index (κ1) is 12.9. The minimum absolute atomic E-state index is 0.301. The molecule has 1 N–H and O–H groups in total. The van der Waals surface area contributed by atoms with Crippen molar-refractivity contribution < 1.29 is 0 Å². The second kappa shape index (κ2) is 6.38. The first-order valence-corrected chi connectivity index (χ1v) is 7.30. The molecule has 0 aromatic heterocycles. The SMILES string of the molecule is c1ccc(CC(NC2=NCCC2)c2ccccc2)cc1. The number of hydrogen-bond donors (Lipinski definition) is 1. The highest BCUT2D eigenvalue weighted by Crippen LogP contribution is 2.19. The average molecular weight is 264 g/mol. The van der Waals surface area contributed by atoms with Crippen LogP contribution >= 0.6 is 0 Å². The predicted octanol–water partition coefficient (Wildman–Crippen LogP) is 3.75. The zero-order chi connectivity index (χ0) is 13.6. The summed E-state index contributed by atoms with van der Waals surface area (Å²) >= 11 is 0. The highest BCUT2D eigenvalue weighted by molar-refractivity contribution is 5.83. The van der Waals surface area contributed by atoms with Gasteiger partial charge in [0.05, 0.1) is 11.9 Å². The van der Waals surface area contributed by atoms with Crippen LogP contribution in [0.4, 0.5) is 0 Å². The Bertz CT molecular complexity index is 560. The molecule has 0 amide bonds. The van der Waals surface area contributed by atoms with E-state index >= 15 is 0 Å². The third kappa shape index (κ3) is 3.27. The lowest BCUT2D eigenvalue weighted by molar-refractivity contribution is 0.638. The van der Waals surface area contributed by atoms with Gasteiger partial charge in [0.1, 0.15) is 0 Å². The van der Waals surface area contributed by atoms with Crippen molar-refractivity contribution in [1.29, 1.82) is 0 Å². The van der Waals surface area contributed by atoms with Crippen LogP contribution in [0.5, 0.6) is 0 Å². The highest BCUT2D eigenvalue weighted by atomic mass is 15.0. The van der Waals surface area contributed by atoms with E-state index in [2.05, 4.69) is 71.0 Å². The summed E-state index contributed by atoms with van der Waals surface area (Å²) in [5, 5.41) is 3.63. The lowest BCUT2D eigenvalue weighted by Gasteiger charge is -2.20. The van der Waals surface area contributed by atoms with E-state index in [1.54, 1.807) is 0 Å². The number of nitrogens with one attached hydrogen (secondary N) is 1. The number of nitrogens with zero attached hydrogens (tertiary/aromatic N) is 1. The molecule has 2 aromatic rings. The molecule has 0 bridgehead atoms. The van der Waals surface area contributed by atoms with Gasteiger partial charge in [-0.05, 0) is 24.0 Å². The van der Waals surface area contributed by atoms with Crippen molar-refractivity contribution in [2.45, 2.75) is 25.3 Å². The van der Waals surface area contributed by atoms with Gasteiger partial charge in [0.25, 0.3) is 0 Å². The van der Waals surface area contributed by atoms with Crippen LogP contribution in [0.25, 0.3) is 0 Å². The summed E-state index contributed by atoms with van der Waals surface area (Å²) in [6.45, 7) is 0.967. The van der Waals surface area contributed by atoms with Crippen molar-refractivity contribution in [3.05, 3.63) is 71.8 Å². The molecule has 0 spiro atoms. The lowest BCUT2D eigenvalue weighted by Crippen LogP contribution is -2.28. The molecule has 2 nitrogen and oxygen atoms in total. The second-order valence-corrected chi connectivity index (χ2v) is 5.23. The summed E-state index contributed by atoms with van der Waals surface area (Å²) in [6, 6.07) is 21.6. The Balaban J connectivity index is 1.79. The normalized spacial score (nSPS) is 15.7. The number of rotatable bonds is 4. The third-order valence-corrected chi connectivity index (χ3v) is 3.70. The molecule has 1 aliphatic rings. The number of hydrogen-bond acceptors (Lipinski definition) is 2. The van der Waals surface area contributed by atoms with E-state index in [1.165, 1.54) is 17.5 Å². The topological polar surface area (TPSA) is 24.4 Å². The predicted molar refractivity (Wildman–Crippen MR) is 84.0 cm³/mol. The van der Waals surface area contributed by atoms with E-state index in [9.17, 15) is 0 Å². The summed E-state index contributed by atoms with van der Waals surface area (Å²) in [5.74, 6) is 1.16. The molecule has 0 saturated heterocycles. The fourth-order valence-electron chi connectivity index (χ4n) is 2.65. The van der Waals surface area contributed by atoms with E-state index < -0.39 is 0 Å². The second-order valence-electron chi connectivity index (χ2n) is 5.23. The maximum absolute atomic E-state index is 4.55. The van der Waals surface area contributed by atoms with Gasteiger partial charge < -0.3 is 5.32 Å². The number of benzene rings is 2. The van der Waals surface area contributed by atoms with Crippen molar-refractivity contribution in [3.8, 4) is 0 Å². The molecular weight excluding hydrogens is 244 g/mol. The van der Waals surface area contributed by atoms with Crippen molar-refractivity contribution in [1.82, 2.24) is 5.32 Å². The molecule has 0 radical (unpaired) electrons.